The van der Waals surface area contributed by atoms with Crippen LogP contribution in [0.15, 0.2) is 54.6 Å². The number of nitrogens with zero attached hydrogens (tertiary/aromatic N) is 2. The Morgan fingerprint density at radius 2 is 1.85 bits per heavy atom. The molecule has 174 valence electrons. The summed E-state index contributed by atoms with van der Waals surface area (Å²) in [4.78, 5) is 40.5. The maximum atomic E-state index is 13.0. The van der Waals surface area contributed by atoms with E-state index in [4.69, 9.17) is 11.6 Å². The van der Waals surface area contributed by atoms with Gasteiger partial charge >= 0.3 is 6.03 Å². The molecule has 2 aromatic rings. The Hall–Kier alpha value is -2.90. The van der Waals surface area contributed by atoms with Crippen molar-refractivity contribution >= 4 is 29.4 Å². The highest BCUT2D eigenvalue weighted by Gasteiger charge is 2.48. The van der Waals surface area contributed by atoms with Gasteiger partial charge in [-0.2, -0.15) is 5.01 Å². The molecule has 4 amide bonds. The molecule has 0 spiro atoms. The SMILES string of the molecule is CC(c1ccc(Cl)cc1)N(CC(=O)NN1C(=O)NC(C)(CCc2ccccc2)C1=O)C1CC1. The molecule has 2 N–H and O–H groups in total. The highest BCUT2D eigenvalue weighted by Crippen LogP contribution is 2.34. The summed E-state index contributed by atoms with van der Waals surface area (Å²) in [7, 11) is 0. The van der Waals surface area contributed by atoms with Crippen LogP contribution < -0.4 is 10.7 Å². The van der Waals surface area contributed by atoms with Crippen LogP contribution in [0.4, 0.5) is 4.79 Å². The molecule has 7 nitrogen and oxygen atoms in total. The van der Waals surface area contributed by atoms with Gasteiger partial charge in [0.25, 0.3) is 11.8 Å². The van der Waals surface area contributed by atoms with E-state index in [1.807, 2.05) is 61.5 Å². The molecular formula is C25H29ClN4O3. The average Bonchev–Trinajstić information content (AvgIpc) is 3.62. The number of carbonyl (C=O) groups excluding carboxylic acids is 3. The number of halogens is 1. The van der Waals surface area contributed by atoms with Crippen molar-refractivity contribution in [3.8, 4) is 0 Å². The first-order chi connectivity index (χ1) is 15.8. The van der Waals surface area contributed by atoms with Gasteiger partial charge in [0.15, 0.2) is 0 Å². The Morgan fingerprint density at radius 1 is 1.18 bits per heavy atom. The number of benzene rings is 2. The molecule has 2 aromatic carbocycles. The zero-order valence-electron chi connectivity index (χ0n) is 18.9. The lowest BCUT2D eigenvalue weighted by atomic mass is 9.93. The molecular weight excluding hydrogens is 440 g/mol. The van der Waals surface area contributed by atoms with E-state index in [2.05, 4.69) is 15.6 Å². The van der Waals surface area contributed by atoms with Gasteiger partial charge in [-0.05, 0) is 62.8 Å². The minimum absolute atomic E-state index is 0.000221. The summed E-state index contributed by atoms with van der Waals surface area (Å²) < 4.78 is 0. The topological polar surface area (TPSA) is 81.8 Å². The maximum Gasteiger partial charge on any atom is 0.344 e. The first-order valence-corrected chi connectivity index (χ1v) is 11.7. The van der Waals surface area contributed by atoms with Crippen LogP contribution in [0.2, 0.25) is 5.02 Å². The molecule has 0 radical (unpaired) electrons. The van der Waals surface area contributed by atoms with Crippen LogP contribution in [-0.2, 0) is 16.0 Å². The molecule has 2 unspecified atom stereocenters. The lowest BCUT2D eigenvalue weighted by Gasteiger charge is -2.29. The third-order valence-electron chi connectivity index (χ3n) is 6.45. The van der Waals surface area contributed by atoms with Crippen LogP contribution in [-0.4, -0.2) is 45.9 Å². The predicted molar refractivity (Wildman–Crippen MR) is 126 cm³/mol. The second kappa shape index (κ2) is 9.53. The number of urea groups is 1. The van der Waals surface area contributed by atoms with Gasteiger partial charge in [0.1, 0.15) is 5.54 Å². The van der Waals surface area contributed by atoms with Crippen LogP contribution in [0.3, 0.4) is 0 Å². The summed E-state index contributed by atoms with van der Waals surface area (Å²) in [6, 6.07) is 17.1. The molecule has 1 heterocycles. The van der Waals surface area contributed by atoms with E-state index in [1.54, 1.807) is 6.92 Å². The van der Waals surface area contributed by atoms with Crippen molar-refractivity contribution in [1.29, 1.82) is 0 Å². The van der Waals surface area contributed by atoms with E-state index >= 15 is 0 Å². The number of carbonyl (C=O) groups is 3. The van der Waals surface area contributed by atoms with Gasteiger partial charge in [-0.15, -0.1) is 0 Å². The highest BCUT2D eigenvalue weighted by atomic mass is 35.5. The predicted octanol–water partition coefficient (Wildman–Crippen LogP) is 3.84. The second-order valence-electron chi connectivity index (χ2n) is 9.05. The van der Waals surface area contributed by atoms with Gasteiger partial charge in [-0.25, -0.2) is 4.79 Å². The summed E-state index contributed by atoms with van der Waals surface area (Å²) in [6.45, 7) is 3.83. The highest BCUT2D eigenvalue weighted by molar-refractivity contribution is 6.30. The third-order valence-corrected chi connectivity index (χ3v) is 6.70. The quantitative estimate of drug-likeness (QED) is 0.548. The third kappa shape index (κ3) is 5.37. The van der Waals surface area contributed by atoms with Gasteiger partial charge in [0.2, 0.25) is 0 Å². The molecule has 0 bridgehead atoms. The number of rotatable bonds is 9. The van der Waals surface area contributed by atoms with Crippen molar-refractivity contribution in [2.75, 3.05) is 6.54 Å². The molecule has 8 heteroatoms. The maximum absolute atomic E-state index is 13.0. The monoisotopic (exact) mass is 468 g/mol. The number of hydrogen-bond acceptors (Lipinski definition) is 4. The Balaban J connectivity index is 1.38. The number of imide groups is 1. The molecule has 2 fully saturated rings. The number of hydrogen-bond donors (Lipinski definition) is 2. The zero-order valence-corrected chi connectivity index (χ0v) is 19.6. The van der Waals surface area contributed by atoms with E-state index < -0.39 is 23.4 Å². The van der Waals surface area contributed by atoms with E-state index in [1.165, 1.54) is 0 Å². The van der Waals surface area contributed by atoms with E-state index in [9.17, 15) is 14.4 Å². The summed E-state index contributed by atoms with van der Waals surface area (Å²) in [6.07, 6.45) is 3.12. The first kappa shape index (κ1) is 23.3. The largest absolute Gasteiger partial charge is 0.344 e. The summed E-state index contributed by atoms with van der Waals surface area (Å²) in [5.41, 5.74) is 3.61. The lowest BCUT2D eigenvalue weighted by Crippen LogP contribution is -2.51. The molecule has 2 aliphatic rings. The van der Waals surface area contributed by atoms with Crippen molar-refractivity contribution in [2.45, 2.75) is 57.2 Å². The first-order valence-electron chi connectivity index (χ1n) is 11.3. The smallest absolute Gasteiger partial charge is 0.322 e. The summed E-state index contributed by atoms with van der Waals surface area (Å²) >= 11 is 6.00. The summed E-state index contributed by atoms with van der Waals surface area (Å²) in [5.74, 6) is -0.834. The van der Waals surface area contributed by atoms with Gasteiger partial charge in [-0.3, -0.25) is 19.9 Å². The molecule has 4 rings (SSSR count). The lowest BCUT2D eigenvalue weighted by molar-refractivity contribution is -0.139. The van der Waals surface area contributed by atoms with Crippen LogP contribution in [0.25, 0.3) is 0 Å². The number of amides is 4. The standard InChI is InChI=1S/C25H29ClN4O3/c1-17(19-8-10-20(26)11-9-19)29(21-12-13-21)16-22(31)28-30-23(32)25(2,27-24(30)33)15-14-18-6-4-3-5-7-18/h3-11,17,21H,12-16H2,1-2H3,(H,27,33)(H,28,31). The Morgan fingerprint density at radius 3 is 2.48 bits per heavy atom. The minimum atomic E-state index is -1.06. The van der Waals surface area contributed by atoms with Crippen LogP contribution in [0.5, 0.6) is 0 Å². The van der Waals surface area contributed by atoms with Gasteiger partial charge in [-0.1, -0.05) is 54.1 Å². The number of aryl methyl sites for hydroxylation is 1. The Labute approximate surface area is 199 Å². The fourth-order valence-electron chi connectivity index (χ4n) is 4.24. The Bertz CT molecular complexity index is 1030. The number of nitrogens with one attached hydrogen (secondary N) is 2. The van der Waals surface area contributed by atoms with Crippen molar-refractivity contribution in [3.05, 3.63) is 70.7 Å². The summed E-state index contributed by atoms with van der Waals surface area (Å²) in [5, 5.41) is 4.23. The van der Waals surface area contributed by atoms with Crippen molar-refractivity contribution in [3.63, 3.8) is 0 Å². The van der Waals surface area contributed by atoms with E-state index in [0.29, 0.717) is 23.9 Å². The minimum Gasteiger partial charge on any atom is -0.322 e. The molecule has 33 heavy (non-hydrogen) atoms. The van der Waals surface area contributed by atoms with Gasteiger partial charge in [0.05, 0.1) is 6.54 Å². The molecule has 0 aromatic heterocycles. The molecule has 1 saturated carbocycles. The average molecular weight is 469 g/mol. The van der Waals surface area contributed by atoms with Gasteiger partial charge < -0.3 is 5.32 Å². The van der Waals surface area contributed by atoms with Crippen LogP contribution in [0, 0.1) is 0 Å². The molecule has 2 atom stereocenters. The van der Waals surface area contributed by atoms with E-state index in [-0.39, 0.29) is 12.6 Å². The molecule has 1 saturated heterocycles. The van der Waals surface area contributed by atoms with Gasteiger partial charge in [0, 0.05) is 17.1 Å². The van der Waals surface area contributed by atoms with Crippen molar-refractivity contribution in [1.82, 2.24) is 20.7 Å². The van der Waals surface area contributed by atoms with Crippen molar-refractivity contribution < 1.29 is 14.4 Å². The fraction of sp³-hybridized carbons (Fsp3) is 0.400. The van der Waals surface area contributed by atoms with Crippen molar-refractivity contribution in [2.24, 2.45) is 0 Å². The second-order valence-corrected chi connectivity index (χ2v) is 9.49. The number of hydrazine groups is 1. The van der Waals surface area contributed by atoms with Crippen LogP contribution in [0.1, 0.15) is 50.3 Å². The Kier molecular flexibility index (Phi) is 6.72. The normalized spacial score (nSPS) is 21.3. The molecule has 1 aliphatic carbocycles. The zero-order chi connectivity index (χ0) is 23.6. The van der Waals surface area contributed by atoms with E-state index in [0.717, 1.165) is 29.0 Å². The molecule has 1 aliphatic heterocycles. The fourth-order valence-corrected chi connectivity index (χ4v) is 4.37. The van der Waals surface area contributed by atoms with Crippen LogP contribution >= 0.6 is 11.6 Å².